The number of nitrogens with two attached hydrogens (primary N) is 1. The summed E-state index contributed by atoms with van der Waals surface area (Å²) < 4.78 is 26.7. The summed E-state index contributed by atoms with van der Waals surface area (Å²) in [6, 6.07) is 12.0. The van der Waals surface area contributed by atoms with Crippen LogP contribution in [0.5, 0.6) is 0 Å². The number of carbonyl (C=O) groups excluding carboxylic acids is 1. The Morgan fingerprint density at radius 3 is 2.50 bits per heavy atom. The van der Waals surface area contributed by atoms with E-state index in [1.165, 1.54) is 6.07 Å². The van der Waals surface area contributed by atoms with E-state index < -0.39 is 17.7 Å². The second-order valence-electron chi connectivity index (χ2n) is 5.77. The van der Waals surface area contributed by atoms with Crippen LogP contribution in [0.4, 0.5) is 8.78 Å². The normalized spacial score (nSPS) is 13.3. The van der Waals surface area contributed by atoms with Crippen molar-refractivity contribution < 1.29 is 13.6 Å². The molecule has 1 amide bonds. The molecule has 0 aromatic heterocycles. The van der Waals surface area contributed by atoms with Gasteiger partial charge in [0.25, 0.3) is 0 Å². The largest absolute Gasteiger partial charge is 0.354 e. The summed E-state index contributed by atoms with van der Waals surface area (Å²) in [4.78, 5) is 12.5. The van der Waals surface area contributed by atoms with Crippen molar-refractivity contribution in [1.29, 1.82) is 0 Å². The number of rotatable bonds is 7. The highest BCUT2D eigenvalue weighted by molar-refractivity contribution is 5.83. The van der Waals surface area contributed by atoms with Crippen LogP contribution >= 0.6 is 0 Å². The Hall–Kier alpha value is -2.27. The molecule has 0 spiro atoms. The van der Waals surface area contributed by atoms with Gasteiger partial charge in [0.2, 0.25) is 5.91 Å². The first-order valence-electron chi connectivity index (χ1n) is 8.06. The van der Waals surface area contributed by atoms with Gasteiger partial charge in [0.05, 0.1) is 12.0 Å². The third-order valence-corrected chi connectivity index (χ3v) is 3.95. The first-order chi connectivity index (χ1) is 11.5. The molecule has 0 heterocycles. The van der Waals surface area contributed by atoms with Gasteiger partial charge in [0.1, 0.15) is 11.6 Å². The molecule has 2 aromatic carbocycles. The molecule has 0 aliphatic rings. The molecule has 0 aliphatic carbocycles. The lowest BCUT2D eigenvalue weighted by Gasteiger charge is -2.19. The summed E-state index contributed by atoms with van der Waals surface area (Å²) in [5.41, 5.74) is 7.06. The van der Waals surface area contributed by atoms with E-state index in [9.17, 15) is 13.6 Å². The van der Waals surface area contributed by atoms with Crippen molar-refractivity contribution in [3.8, 4) is 0 Å². The lowest BCUT2D eigenvalue weighted by molar-refractivity contribution is -0.122. The predicted molar refractivity (Wildman–Crippen MR) is 90.4 cm³/mol. The van der Waals surface area contributed by atoms with Gasteiger partial charge in [0.15, 0.2) is 0 Å². The monoisotopic (exact) mass is 332 g/mol. The van der Waals surface area contributed by atoms with Gasteiger partial charge in [-0.25, -0.2) is 8.78 Å². The van der Waals surface area contributed by atoms with Crippen LogP contribution in [-0.4, -0.2) is 12.5 Å². The van der Waals surface area contributed by atoms with E-state index in [1.54, 1.807) is 0 Å². The minimum atomic E-state index is -0.729. The van der Waals surface area contributed by atoms with Crippen molar-refractivity contribution >= 4 is 5.91 Å². The number of nitrogens with one attached hydrogen (secondary N) is 1. The molecule has 0 saturated carbocycles. The summed E-state index contributed by atoms with van der Waals surface area (Å²) in [6.45, 7) is 2.11. The maximum Gasteiger partial charge on any atom is 0.227 e. The van der Waals surface area contributed by atoms with E-state index in [0.29, 0.717) is 0 Å². The quantitative estimate of drug-likeness (QED) is 0.813. The number of hydrogen-bond donors (Lipinski definition) is 2. The molecule has 3 N–H and O–H groups in total. The zero-order chi connectivity index (χ0) is 17.5. The van der Waals surface area contributed by atoms with Gasteiger partial charge in [-0.15, -0.1) is 0 Å². The minimum Gasteiger partial charge on any atom is -0.354 e. The lowest BCUT2D eigenvalue weighted by Crippen LogP contribution is -2.35. The van der Waals surface area contributed by atoms with Crippen LogP contribution in [0.15, 0.2) is 48.5 Å². The second-order valence-corrected chi connectivity index (χ2v) is 5.77. The topological polar surface area (TPSA) is 55.1 Å². The molecule has 0 bridgehead atoms. The second kappa shape index (κ2) is 8.55. The minimum absolute atomic E-state index is 0.0917. The van der Waals surface area contributed by atoms with Gasteiger partial charge in [0, 0.05) is 18.2 Å². The van der Waals surface area contributed by atoms with Crippen LogP contribution in [0.2, 0.25) is 0 Å². The highest BCUT2D eigenvalue weighted by atomic mass is 19.1. The third kappa shape index (κ3) is 4.61. The van der Waals surface area contributed by atoms with Gasteiger partial charge in [-0.3, -0.25) is 4.79 Å². The standard InChI is InChI=1S/C19H22F2N2O/c1-2-6-15(13-7-4-3-5-8-13)19(24)23-12-18(22)16-10-9-14(20)11-17(16)21/h3-5,7-11,15,18H,2,6,12,22H2,1H3,(H,23,24). The summed E-state index contributed by atoms with van der Waals surface area (Å²) in [5, 5.41) is 2.78. The highest BCUT2D eigenvalue weighted by Crippen LogP contribution is 2.22. The number of halogens is 2. The Kier molecular flexibility index (Phi) is 6.44. The molecule has 0 fully saturated rings. The maximum absolute atomic E-state index is 13.7. The summed E-state index contributed by atoms with van der Waals surface area (Å²) in [5.74, 6) is -1.76. The summed E-state index contributed by atoms with van der Waals surface area (Å²) >= 11 is 0. The van der Waals surface area contributed by atoms with Crippen LogP contribution in [0, 0.1) is 11.6 Å². The number of carbonyl (C=O) groups is 1. The van der Waals surface area contributed by atoms with Gasteiger partial charge in [-0.05, 0) is 18.1 Å². The molecule has 0 aliphatic heterocycles. The SMILES string of the molecule is CCCC(C(=O)NCC(N)c1ccc(F)cc1F)c1ccccc1. The van der Waals surface area contributed by atoms with Crippen LogP contribution < -0.4 is 11.1 Å². The van der Waals surface area contributed by atoms with Crippen molar-refractivity contribution in [3.05, 3.63) is 71.3 Å². The highest BCUT2D eigenvalue weighted by Gasteiger charge is 2.21. The third-order valence-electron chi connectivity index (χ3n) is 3.95. The predicted octanol–water partition coefficient (Wildman–Crippen LogP) is 3.66. The molecule has 0 saturated heterocycles. The van der Waals surface area contributed by atoms with Crippen molar-refractivity contribution in [2.75, 3.05) is 6.54 Å². The smallest absolute Gasteiger partial charge is 0.227 e. The summed E-state index contributed by atoms with van der Waals surface area (Å²) in [7, 11) is 0. The number of amides is 1. The Morgan fingerprint density at radius 2 is 1.88 bits per heavy atom. The van der Waals surface area contributed by atoms with Gasteiger partial charge < -0.3 is 11.1 Å². The van der Waals surface area contributed by atoms with Crippen LogP contribution in [-0.2, 0) is 4.79 Å². The Balaban J connectivity index is 2.02. The molecule has 3 nitrogen and oxygen atoms in total. The van der Waals surface area contributed by atoms with E-state index in [1.807, 2.05) is 37.3 Å². The van der Waals surface area contributed by atoms with Gasteiger partial charge in [-0.1, -0.05) is 49.7 Å². The van der Waals surface area contributed by atoms with Crippen molar-refractivity contribution in [2.24, 2.45) is 5.73 Å². The molecule has 2 aromatic rings. The van der Waals surface area contributed by atoms with E-state index in [2.05, 4.69) is 5.32 Å². The molecule has 0 radical (unpaired) electrons. The zero-order valence-corrected chi connectivity index (χ0v) is 13.6. The van der Waals surface area contributed by atoms with Crippen molar-refractivity contribution in [2.45, 2.75) is 31.7 Å². The molecule has 2 rings (SSSR count). The Bertz CT molecular complexity index is 676. The van der Waals surface area contributed by atoms with Gasteiger partial charge in [-0.2, -0.15) is 0 Å². The Labute approximate surface area is 140 Å². The first-order valence-corrected chi connectivity index (χ1v) is 8.06. The number of benzene rings is 2. The fourth-order valence-electron chi connectivity index (χ4n) is 2.67. The molecule has 24 heavy (non-hydrogen) atoms. The average Bonchev–Trinajstić information content (AvgIpc) is 2.58. The van der Waals surface area contributed by atoms with Crippen LogP contribution in [0.25, 0.3) is 0 Å². The lowest BCUT2D eigenvalue weighted by atomic mass is 9.93. The molecule has 5 heteroatoms. The Morgan fingerprint density at radius 1 is 1.17 bits per heavy atom. The van der Waals surface area contributed by atoms with E-state index in [-0.39, 0.29) is 23.9 Å². The maximum atomic E-state index is 13.7. The fraction of sp³-hybridized carbons (Fsp3) is 0.316. The first kappa shape index (κ1) is 18.1. The number of hydrogen-bond acceptors (Lipinski definition) is 2. The van der Waals surface area contributed by atoms with Crippen LogP contribution in [0.1, 0.15) is 42.9 Å². The zero-order valence-electron chi connectivity index (χ0n) is 13.6. The molecular weight excluding hydrogens is 310 g/mol. The van der Waals surface area contributed by atoms with E-state index >= 15 is 0 Å². The van der Waals surface area contributed by atoms with Gasteiger partial charge >= 0.3 is 0 Å². The fourth-order valence-corrected chi connectivity index (χ4v) is 2.67. The van der Waals surface area contributed by atoms with Crippen LogP contribution in [0.3, 0.4) is 0 Å². The van der Waals surface area contributed by atoms with Crippen molar-refractivity contribution in [3.63, 3.8) is 0 Å². The molecule has 2 atom stereocenters. The molecule has 128 valence electrons. The molecule has 2 unspecified atom stereocenters. The van der Waals surface area contributed by atoms with E-state index in [0.717, 1.165) is 30.5 Å². The van der Waals surface area contributed by atoms with Crippen molar-refractivity contribution in [1.82, 2.24) is 5.32 Å². The summed E-state index contributed by atoms with van der Waals surface area (Å²) in [6.07, 6.45) is 1.58. The van der Waals surface area contributed by atoms with E-state index in [4.69, 9.17) is 5.73 Å². The molecular formula is C19H22F2N2O. The average molecular weight is 332 g/mol.